The Bertz CT molecular complexity index is 407. The first kappa shape index (κ1) is 15.1. The molecule has 0 aliphatic heterocycles. The molecule has 0 spiro atoms. The van der Waals surface area contributed by atoms with Crippen LogP contribution in [0.2, 0.25) is 0 Å². The number of nitrogens with one attached hydrogen (secondary N) is 1. The van der Waals surface area contributed by atoms with Gasteiger partial charge in [0.2, 0.25) is 5.91 Å². The third kappa shape index (κ3) is 4.08. The summed E-state index contributed by atoms with van der Waals surface area (Å²) >= 11 is 1.50. The van der Waals surface area contributed by atoms with Crippen LogP contribution in [0.4, 0.5) is 0 Å². The van der Waals surface area contributed by atoms with Crippen LogP contribution >= 0.6 is 11.3 Å². The lowest BCUT2D eigenvalue weighted by Gasteiger charge is -2.33. The van der Waals surface area contributed by atoms with E-state index >= 15 is 0 Å². The van der Waals surface area contributed by atoms with Crippen molar-refractivity contribution in [2.75, 3.05) is 0 Å². The summed E-state index contributed by atoms with van der Waals surface area (Å²) in [4.78, 5) is 12.0. The van der Waals surface area contributed by atoms with E-state index < -0.39 is 11.5 Å². The fourth-order valence-electron chi connectivity index (χ4n) is 2.11. The van der Waals surface area contributed by atoms with Crippen molar-refractivity contribution in [1.82, 2.24) is 5.32 Å². The Kier molecular flexibility index (Phi) is 4.90. The van der Waals surface area contributed by atoms with Crippen molar-refractivity contribution in [1.29, 1.82) is 0 Å². The third-order valence-corrected chi connectivity index (χ3v) is 3.80. The maximum absolute atomic E-state index is 11.0. The molecule has 4 N–H and O–H groups in total. The first-order valence-corrected chi connectivity index (χ1v) is 6.92. The summed E-state index contributed by atoms with van der Waals surface area (Å²) in [6.45, 7) is 8.37. The standard InChI is InChI=1S/C13H22N2O2S/c1-8(2)11(13(3,4)17)15-6-10-5-9(7-18-10)12(14)16/h5,7-8,11,15,17H,6H2,1-4H3,(H2,14,16)/t11-/m0/s1. The van der Waals surface area contributed by atoms with Gasteiger partial charge in [0.15, 0.2) is 0 Å². The Balaban J connectivity index is 2.64. The molecule has 0 aliphatic rings. The van der Waals surface area contributed by atoms with E-state index in [9.17, 15) is 9.90 Å². The second-order valence-electron chi connectivity index (χ2n) is 5.42. The molecular formula is C13H22N2O2S. The summed E-state index contributed by atoms with van der Waals surface area (Å²) in [7, 11) is 0. The maximum Gasteiger partial charge on any atom is 0.249 e. The SMILES string of the molecule is CC(C)[C@H](NCc1cc(C(N)=O)cs1)C(C)(C)O. The van der Waals surface area contributed by atoms with Gasteiger partial charge in [0.25, 0.3) is 0 Å². The third-order valence-electron chi connectivity index (χ3n) is 2.86. The van der Waals surface area contributed by atoms with Crippen molar-refractivity contribution < 1.29 is 9.90 Å². The number of hydrogen-bond acceptors (Lipinski definition) is 4. The van der Waals surface area contributed by atoms with Crippen LogP contribution in [0.1, 0.15) is 42.9 Å². The molecule has 0 bridgehead atoms. The average Bonchev–Trinajstić information content (AvgIpc) is 2.63. The van der Waals surface area contributed by atoms with Gasteiger partial charge >= 0.3 is 0 Å². The van der Waals surface area contributed by atoms with Crippen molar-refractivity contribution in [3.8, 4) is 0 Å². The zero-order valence-corrected chi connectivity index (χ0v) is 12.2. The van der Waals surface area contributed by atoms with Crippen molar-refractivity contribution in [2.24, 2.45) is 11.7 Å². The van der Waals surface area contributed by atoms with Crippen molar-refractivity contribution in [2.45, 2.75) is 45.9 Å². The molecule has 1 aromatic rings. The number of primary amides is 1. The molecule has 1 aromatic heterocycles. The van der Waals surface area contributed by atoms with E-state index in [2.05, 4.69) is 19.2 Å². The molecular weight excluding hydrogens is 248 g/mol. The topological polar surface area (TPSA) is 75.3 Å². The van der Waals surface area contributed by atoms with Gasteiger partial charge in [-0.3, -0.25) is 4.79 Å². The first-order valence-electron chi connectivity index (χ1n) is 6.04. The van der Waals surface area contributed by atoms with Crippen LogP contribution in [-0.2, 0) is 6.54 Å². The van der Waals surface area contributed by atoms with Crippen LogP contribution in [0.25, 0.3) is 0 Å². The monoisotopic (exact) mass is 270 g/mol. The summed E-state index contributed by atoms with van der Waals surface area (Å²) in [6, 6.07) is 1.79. The highest BCUT2D eigenvalue weighted by molar-refractivity contribution is 7.10. The Morgan fingerprint density at radius 2 is 2.17 bits per heavy atom. The van der Waals surface area contributed by atoms with Gasteiger partial charge in [-0.15, -0.1) is 11.3 Å². The number of rotatable bonds is 6. The van der Waals surface area contributed by atoms with E-state index in [0.717, 1.165) is 4.88 Å². The molecule has 18 heavy (non-hydrogen) atoms. The van der Waals surface area contributed by atoms with Gasteiger partial charge in [-0.2, -0.15) is 0 Å². The van der Waals surface area contributed by atoms with Crippen molar-refractivity contribution in [3.63, 3.8) is 0 Å². The van der Waals surface area contributed by atoms with Crippen molar-refractivity contribution >= 4 is 17.2 Å². The van der Waals surface area contributed by atoms with E-state index in [1.807, 2.05) is 0 Å². The van der Waals surface area contributed by atoms with Gasteiger partial charge in [-0.1, -0.05) is 13.8 Å². The Hall–Kier alpha value is -0.910. The minimum absolute atomic E-state index is 0.00312. The Labute approximate surface area is 112 Å². The molecule has 1 heterocycles. The molecule has 1 rings (SSSR count). The highest BCUT2D eigenvalue weighted by Gasteiger charge is 2.28. The van der Waals surface area contributed by atoms with Gasteiger partial charge in [-0.25, -0.2) is 0 Å². The van der Waals surface area contributed by atoms with E-state index in [1.54, 1.807) is 25.3 Å². The molecule has 4 nitrogen and oxygen atoms in total. The fraction of sp³-hybridized carbons (Fsp3) is 0.615. The minimum Gasteiger partial charge on any atom is -0.389 e. The fourth-order valence-corrected chi connectivity index (χ4v) is 2.94. The number of hydrogen-bond donors (Lipinski definition) is 3. The zero-order valence-electron chi connectivity index (χ0n) is 11.4. The molecule has 0 fully saturated rings. The summed E-state index contributed by atoms with van der Waals surface area (Å²) in [5.41, 5.74) is 4.97. The van der Waals surface area contributed by atoms with E-state index in [-0.39, 0.29) is 6.04 Å². The number of carbonyl (C=O) groups is 1. The molecule has 0 saturated carbocycles. The summed E-state index contributed by atoms with van der Waals surface area (Å²) in [5.74, 6) is -0.0824. The van der Waals surface area contributed by atoms with Gasteiger partial charge in [0.05, 0.1) is 11.2 Å². The van der Waals surface area contributed by atoms with Crippen LogP contribution in [-0.4, -0.2) is 22.7 Å². The lowest BCUT2D eigenvalue weighted by molar-refractivity contribution is 0.0196. The summed E-state index contributed by atoms with van der Waals surface area (Å²) in [6.07, 6.45) is 0. The lowest BCUT2D eigenvalue weighted by atomic mass is 9.89. The van der Waals surface area contributed by atoms with E-state index in [4.69, 9.17) is 5.73 Å². The number of aliphatic hydroxyl groups is 1. The highest BCUT2D eigenvalue weighted by Crippen LogP contribution is 2.19. The van der Waals surface area contributed by atoms with Crippen LogP contribution in [0.15, 0.2) is 11.4 Å². The van der Waals surface area contributed by atoms with E-state index in [1.165, 1.54) is 11.3 Å². The van der Waals surface area contributed by atoms with Gasteiger partial charge in [0.1, 0.15) is 0 Å². The molecule has 1 amide bonds. The number of amides is 1. The molecule has 102 valence electrons. The summed E-state index contributed by atoms with van der Waals surface area (Å²) in [5, 5.41) is 15.2. The Morgan fingerprint density at radius 1 is 1.56 bits per heavy atom. The van der Waals surface area contributed by atoms with Crippen molar-refractivity contribution in [3.05, 3.63) is 21.9 Å². The van der Waals surface area contributed by atoms with E-state index in [0.29, 0.717) is 18.0 Å². The molecule has 0 radical (unpaired) electrons. The maximum atomic E-state index is 11.0. The van der Waals surface area contributed by atoms with Crippen LogP contribution < -0.4 is 11.1 Å². The molecule has 0 aliphatic carbocycles. The molecule has 5 heteroatoms. The van der Waals surface area contributed by atoms with Crippen LogP contribution in [0, 0.1) is 5.92 Å². The predicted molar refractivity (Wildman–Crippen MR) is 74.6 cm³/mol. The second-order valence-corrected chi connectivity index (χ2v) is 6.42. The molecule has 0 aromatic carbocycles. The van der Waals surface area contributed by atoms with Crippen LogP contribution in [0.3, 0.4) is 0 Å². The van der Waals surface area contributed by atoms with Gasteiger partial charge in [0, 0.05) is 22.8 Å². The number of thiophene rings is 1. The minimum atomic E-state index is -0.780. The van der Waals surface area contributed by atoms with Crippen LogP contribution in [0.5, 0.6) is 0 Å². The second kappa shape index (κ2) is 5.82. The lowest BCUT2D eigenvalue weighted by Crippen LogP contribution is -2.49. The number of carbonyl (C=O) groups excluding carboxylic acids is 1. The Morgan fingerprint density at radius 3 is 2.56 bits per heavy atom. The quantitative estimate of drug-likeness (QED) is 0.737. The first-order chi connectivity index (χ1) is 8.21. The normalized spacial score (nSPS) is 13.9. The number of nitrogens with two attached hydrogens (primary N) is 1. The predicted octanol–water partition coefficient (Wildman–Crippen LogP) is 1.73. The molecule has 0 saturated heterocycles. The molecule has 1 atom stereocenters. The smallest absolute Gasteiger partial charge is 0.249 e. The molecule has 0 unspecified atom stereocenters. The largest absolute Gasteiger partial charge is 0.389 e. The zero-order chi connectivity index (χ0) is 13.9. The average molecular weight is 270 g/mol. The highest BCUT2D eigenvalue weighted by atomic mass is 32.1. The summed E-state index contributed by atoms with van der Waals surface area (Å²) < 4.78 is 0. The van der Waals surface area contributed by atoms with Gasteiger partial charge < -0.3 is 16.2 Å². The van der Waals surface area contributed by atoms with Gasteiger partial charge in [-0.05, 0) is 25.8 Å².